The lowest BCUT2D eigenvalue weighted by Gasteiger charge is -2.39. The number of carbonyl (C=O) groups excluding carboxylic acids is 1. The highest BCUT2D eigenvalue weighted by Gasteiger charge is 2.24. The topological polar surface area (TPSA) is 58.4 Å². The maximum Gasteiger partial charge on any atom is 0.238 e. The molecular formula is C16H25N3O. The molecule has 4 nitrogen and oxygen atoms in total. The second-order valence-corrected chi connectivity index (χ2v) is 5.86. The molecule has 4 heteroatoms. The van der Waals surface area contributed by atoms with Crippen molar-refractivity contribution in [3.63, 3.8) is 0 Å². The van der Waals surface area contributed by atoms with E-state index >= 15 is 0 Å². The Labute approximate surface area is 121 Å². The smallest absolute Gasteiger partial charge is 0.238 e. The van der Waals surface area contributed by atoms with Gasteiger partial charge in [0.05, 0.1) is 6.42 Å². The van der Waals surface area contributed by atoms with Crippen LogP contribution in [0.3, 0.4) is 0 Å². The number of nitrogens with zero attached hydrogens (tertiary/aromatic N) is 1. The first-order valence-electron chi connectivity index (χ1n) is 7.43. The van der Waals surface area contributed by atoms with Gasteiger partial charge < -0.3 is 0 Å². The number of amides is 1. The van der Waals surface area contributed by atoms with Crippen LogP contribution >= 0.6 is 0 Å². The minimum absolute atomic E-state index is 0.156. The van der Waals surface area contributed by atoms with Crippen molar-refractivity contribution in [3.05, 3.63) is 35.4 Å². The average Bonchev–Trinajstić information content (AvgIpc) is 2.44. The molecule has 110 valence electrons. The molecule has 1 fully saturated rings. The van der Waals surface area contributed by atoms with Crippen LogP contribution < -0.4 is 11.3 Å². The van der Waals surface area contributed by atoms with E-state index in [0.717, 1.165) is 12.1 Å². The van der Waals surface area contributed by atoms with Crippen LogP contribution in [-0.4, -0.2) is 22.9 Å². The molecule has 0 aliphatic carbocycles. The van der Waals surface area contributed by atoms with E-state index in [1.54, 1.807) is 0 Å². The van der Waals surface area contributed by atoms with Crippen molar-refractivity contribution in [2.75, 3.05) is 0 Å². The van der Waals surface area contributed by atoms with Crippen molar-refractivity contribution in [2.45, 2.75) is 58.2 Å². The van der Waals surface area contributed by atoms with E-state index in [1.807, 2.05) is 12.1 Å². The SMILES string of the molecule is CC1CCCC(C)N1Cc1ccc(CC(=O)NN)cc1. The Morgan fingerprint density at radius 1 is 1.20 bits per heavy atom. The molecule has 20 heavy (non-hydrogen) atoms. The average molecular weight is 275 g/mol. The second-order valence-electron chi connectivity index (χ2n) is 5.86. The zero-order valence-electron chi connectivity index (χ0n) is 12.4. The summed E-state index contributed by atoms with van der Waals surface area (Å²) in [6, 6.07) is 9.58. The molecule has 1 aromatic rings. The molecule has 0 spiro atoms. The van der Waals surface area contributed by atoms with Gasteiger partial charge in [-0.2, -0.15) is 0 Å². The summed E-state index contributed by atoms with van der Waals surface area (Å²) in [4.78, 5) is 13.8. The van der Waals surface area contributed by atoms with E-state index in [9.17, 15) is 4.79 Å². The summed E-state index contributed by atoms with van der Waals surface area (Å²) in [5, 5.41) is 0. The lowest BCUT2D eigenvalue weighted by atomic mass is 9.96. The van der Waals surface area contributed by atoms with Crippen molar-refractivity contribution in [2.24, 2.45) is 5.84 Å². The molecule has 3 N–H and O–H groups in total. The van der Waals surface area contributed by atoms with Crippen LogP contribution in [0.25, 0.3) is 0 Å². The van der Waals surface area contributed by atoms with Crippen molar-refractivity contribution in [1.29, 1.82) is 0 Å². The predicted octanol–water partition coefficient (Wildman–Crippen LogP) is 1.98. The monoisotopic (exact) mass is 275 g/mol. The van der Waals surface area contributed by atoms with Gasteiger partial charge >= 0.3 is 0 Å². The molecule has 1 aliphatic heterocycles. The number of nitrogens with one attached hydrogen (secondary N) is 1. The van der Waals surface area contributed by atoms with Gasteiger partial charge in [-0.15, -0.1) is 0 Å². The Bertz CT molecular complexity index is 434. The molecule has 1 amide bonds. The summed E-state index contributed by atoms with van der Waals surface area (Å²) in [5.41, 5.74) is 4.46. The fourth-order valence-electron chi connectivity index (χ4n) is 3.00. The number of nitrogens with two attached hydrogens (primary N) is 1. The number of likely N-dealkylation sites (tertiary alicyclic amines) is 1. The zero-order chi connectivity index (χ0) is 14.5. The zero-order valence-corrected chi connectivity index (χ0v) is 12.4. The highest BCUT2D eigenvalue weighted by atomic mass is 16.2. The number of carbonyl (C=O) groups is 1. The highest BCUT2D eigenvalue weighted by molar-refractivity contribution is 5.77. The Kier molecular flexibility index (Phi) is 5.15. The van der Waals surface area contributed by atoms with Gasteiger partial charge in [0.15, 0.2) is 0 Å². The van der Waals surface area contributed by atoms with Gasteiger partial charge in [-0.25, -0.2) is 5.84 Å². The molecule has 0 aromatic heterocycles. The van der Waals surface area contributed by atoms with E-state index in [-0.39, 0.29) is 5.91 Å². The Hall–Kier alpha value is -1.39. The first-order valence-corrected chi connectivity index (χ1v) is 7.43. The minimum atomic E-state index is -0.156. The van der Waals surface area contributed by atoms with Gasteiger partial charge in [-0.1, -0.05) is 30.7 Å². The summed E-state index contributed by atoms with van der Waals surface area (Å²) in [7, 11) is 0. The van der Waals surface area contributed by atoms with Crippen molar-refractivity contribution in [1.82, 2.24) is 10.3 Å². The van der Waals surface area contributed by atoms with Crippen LogP contribution in [0.5, 0.6) is 0 Å². The highest BCUT2D eigenvalue weighted by Crippen LogP contribution is 2.24. The number of rotatable bonds is 4. The first kappa shape index (κ1) is 15.0. The molecule has 1 heterocycles. The fourth-order valence-corrected chi connectivity index (χ4v) is 3.00. The van der Waals surface area contributed by atoms with Gasteiger partial charge in [-0.05, 0) is 37.8 Å². The normalized spacial score (nSPS) is 23.6. The molecule has 2 atom stereocenters. The number of hydrazine groups is 1. The molecule has 2 rings (SSSR count). The fraction of sp³-hybridized carbons (Fsp3) is 0.562. The summed E-state index contributed by atoms with van der Waals surface area (Å²) < 4.78 is 0. The van der Waals surface area contributed by atoms with E-state index in [4.69, 9.17) is 5.84 Å². The van der Waals surface area contributed by atoms with Gasteiger partial charge in [0.25, 0.3) is 0 Å². The molecular weight excluding hydrogens is 250 g/mol. The Morgan fingerprint density at radius 2 is 1.75 bits per heavy atom. The van der Waals surface area contributed by atoms with Crippen LogP contribution in [0.2, 0.25) is 0 Å². The van der Waals surface area contributed by atoms with E-state index in [0.29, 0.717) is 18.5 Å². The third-order valence-corrected chi connectivity index (χ3v) is 4.29. The number of piperidine rings is 1. The maximum atomic E-state index is 11.2. The summed E-state index contributed by atoms with van der Waals surface area (Å²) in [6.07, 6.45) is 4.26. The molecule has 0 bridgehead atoms. The number of hydrogen-bond acceptors (Lipinski definition) is 3. The molecule has 1 saturated heterocycles. The molecule has 0 saturated carbocycles. The lowest BCUT2D eigenvalue weighted by molar-refractivity contribution is -0.120. The van der Waals surface area contributed by atoms with E-state index in [1.165, 1.54) is 24.8 Å². The molecule has 0 radical (unpaired) electrons. The van der Waals surface area contributed by atoms with Crippen LogP contribution in [0.4, 0.5) is 0 Å². The van der Waals surface area contributed by atoms with E-state index < -0.39 is 0 Å². The maximum absolute atomic E-state index is 11.2. The van der Waals surface area contributed by atoms with Crippen LogP contribution in [0.15, 0.2) is 24.3 Å². The van der Waals surface area contributed by atoms with Crippen molar-refractivity contribution < 1.29 is 4.79 Å². The second kappa shape index (κ2) is 6.86. The predicted molar refractivity (Wildman–Crippen MR) is 80.8 cm³/mol. The summed E-state index contributed by atoms with van der Waals surface area (Å²) in [5.74, 6) is 4.94. The van der Waals surface area contributed by atoms with Gasteiger partial charge in [-0.3, -0.25) is 15.1 Å². The minimum Gasteiger partial charge on any atom is -0.294 e. The standard InChI is InChI=1S/C16H25N3O/c1-12-4-3-5-13(2)19(12)11-15-8-6-14(7-9-15)10-16(20)18-17/h6-9,12-13H,3-5,10-11,17H2,1-2H3,(H,18,20). The Morgan fingerprint density at radius 3 is 2.30 bits per heavy atom. The summed E-state index contributed by atoms with van der Waals surface area (Å²) >= 11 is 0. The lowest BCUT2D eigenvalue weighted by Crippen LogP contribution is -2.42. The Balaban J connectivity index is 1.97. The van der Waals surface area contributed by atoms with E-state index in [2.05, 4.69) is 36.3 Å². The van der Waals surface area contributed by atoms with Crippen LogP contribution in [0.1, 0.15) is 44.2 Å². The molecule has 1 aliphatic rings. The van der Waals surface area contributed by atoms with Gasteiger partial charge in [0.2, 0.25) is 5.91 Å². The molecule has 2 unspecified atom stereocenters. The summed E-state index contributed by atoms with van der Waals surface area (Å²) in [6.45, 7) is 5.62. The quantitative estimate of drug-likeness (QED) is 0.502. The molecule has 1 aromatic carbocycles. The third kappa shape index (κ3) is 3.81. The van der Waals surface area contributed by atoms with Crippen molar-refractivity contribution in [3.8, 4) is 0 Å². The van der Waals surface area contributed by atoms with Gasteiger partial charge in [0, 0.05) is 18.6 Å². The van der Waals surface area contributed by atoms with Crippen molar-refractivity contribution >= 4 is 5.91 Å². The number of benzene rings is 1. The number of hydrogen-bond donors (Lipinski definition) is 2. The van der Waals surface area contributed by atoms with Crippen LogP contribution in [-0.2, 0) is 17.8 Å². The first-order chi connectivity index (χ1) is 9.60. The largest absolute Gasteiger partial charge is 0.294 e. The van der Waals surface area contributed by atoms with Gasteiger partial charge in [0.1, 0.15) is 0 Å². The van der Waals surface area contributed by atoms with Crippen LogP contribution in [0, 0.1) is 0 Å². The third-order valence-electron chi connectivity index (χ3n) is 4.29.